The van der Waals surface area contributed by atoms with Gasteiger partial charge in [0.2, 0.25) is 0 Å². The zero-order valence-electron chi connectivity index (χ0n) is 7.15. The van der Waals surface area contributed by atoms with Crippen LogP contribution >= 0.6 is 0 Å². The molecule has 1 aromatic heterocycles. The van der Waals surface area contributed by atoms with Crippen LogP contribution in [-0.2, 0) is 4.79 Å². The van der Waals surface area contributed by atoms with Gasteiger partial charge in [-0.25, -0.2) is 4.98 Å². The molecule has 0 atom stereocenters. The Hall–Kier alpha value is -1.78. The van der Waals surface area contributed by atoms with Crippen LogP contribution in [0.2, 0.25) is 0 Å². The highest BCUT2D eigenvalue weighted by Gasteiger charge is 2.05. The van der Waals surface area contributed by atoms with Crippen molar-refractivity contribution in [2.45, 2.75) is 6.92 Å². The number of aromatic nitrogens is 2. The molecule has 0 saturated carbocycles. The van der Waals surface area contributed by atoms with Crippen molar-refractivity contribution < 1.29 is 9.59 Å². The minimum absolute atomic E-state index is 0.00557. The molecule has 1 amide bonds. The van der Waals surface area contributed by atoms with Crippen molar-refractivity contribution in [3.63, 3.8) is 0 Å². The Morgan fingerprint density at radius 3 is 2.85 bits per heavy atom. The monoisotopic (exact) mass is 179 g/mol. The first kappa shape index (κ1) is 9.31. The predicted molar refractivity (Wildman–Crippen MR) is 45.2 cm³/mol. The maximum absolute atomic E-state index is 11.1. The highest BCUT2D eigenvalue weighted by atomic mass is 16.2. The fourth-order valence-electron chi connectivity index (χ4n) is 0.735. The molecule has 0 aliphatic heterocycles. The van der Waals surface area contributed by atoms with E-state index < -0.39 is 0 Å². The third-order valence-electron chi connectivity index (χ3n) is 1.36. The van der Waals surface area contributed by atoms with E-state index >= 15 is 0 Å². The highest BCUT2D eigenvalue weighted by Crippen LogP contribution is 1.92. The Balaban J connectivity index is 2.66. The van der Waals surface area contributed by atoms with Crippen LogP contribution < -0.4 is 5.32 Å². The number of aldehydes is 1. The molecule has 0 spiro atoms. The summed E-state index contributed by atoms with van der Waals surface area (Å²) in [6.45, 7) is 1.77. The van der Waals surface area contributed by atoms with Crippen molar-refractivity contribution in [3.05, 3.63) is 23.8 Å². The van der Waals surface area contributed by atoms with Crippen LogP contribution in [0, 0.1) is 6.92 Å². The Morgan fingerprint density at radius 1 is 1.54 bits per heavy atom. The highest BCUT2D eigenvalue weighted by molar-refractivity contribution is 5.92. The number of hydrogen-bond donors (Lipinski definition) is 1. The number of hydrogen-bond acceptors (Lipinski definition) is 4. The van der Waals surface area contributed by atoms with Crippen LogP contribution in [-0.4, -0.2) is 28.7 Å². The van der Waals surface area contributed by atoms with E-state index in [0.717, 1.165) is 5.69 Å². The predicted octanol–water partition coefficient (Wildman–Crippen LogP) is -0.286. The second-order valence-corrected chi connectivity index (χ2v) is 2.42. The van der Waals surface area contributed by atoms with Crippen LogP contribution in [0.3, 0.4) is 0 Å². The molecular formula is C8H9N3O2. The molecule has 0 aliphatic carbocycles. The minimum Gasteiger partial charge on any atom is -0.344 e. The largest absolute Gasteiger partial charge is 0.344 e. The van der Waals surface area contributed by atoms with Gasteiger partial charge in [0.25, 0.3) is 5.91 Å². The summed E-state index contributed by atoms with van der Waals surface area (Å²) in [5, 5.41) is 2.36. The van der Waals surface area contributed by atoms with Gasteiger partial charge >= 0.3 is 0 Å². The van der Waals surface area contributed by atoms with Crippen molar-refractivity contribution in [2.24, 2.45) is 0 Å². The van der Waals surface area contributed by atoms with Gasteiger partial charge in [0.05, 0.1) is 18.4 Å². The number of amides is 1. The summed E-state index contributed by atoms with van der Waals surface area (Å²) in [5.74, 6) is -0.389. The van der Waals surface area contributed by atoms with Crippen LogP contribution in [0.5, 0.6) is 0 Å². The first-order chi connectivity index (χ1) is 6.24. The number of aryl methyl sites for hydroxylation is 1. The number of carbonyl (C=O) groups is 2. The lowest BCUT2D eigenvalue weighted by Gasteiger charge is -1.99. The Morgan fingerprint density at radius 2 is 2.31 bits per heavy atom. The molecule has 5 heteroatoms. The first-order valence-corrected chi connectivity index (χ1v) is 3.74. The standard InChI is InChI=1S/C8H9N3O2/c1-6-4-11-7(5-10-6)8(13)9-2-3-12/h3-5H,2H2,1H3,(H,9,13). The number of carbonyl (C=O) groups excluding carboxylic acids is 2. The molecule has 0 aromatic carbocycles. The summed E-state index contributed by atoms with van der Waals surface area (Å²) < 4.78 is 0. The van der Waals surface area contributed by atoms with Gasteiger partial charge in [-0.2, -0.15) is 0 Å². The molecule has 1 aromatic rings. The van der Waals surface area contributed by atoms with Gasteiger partial charge in [-0.05, 0) is 6.92 Å². The lowest BCUT2D eigenvalue weighted by molar-refractivity contribution is -0.107. The van der Waals surface area contributed by atoms with Gasteiger partial charge in [0, 0.05) is 6.20 Å². The van der Waals surface area contributed by atoms with E-state index in [0.29, 0.717) is 6.29 Å². The summed E-state index contributed by atoms with van der Waals surface area (Å²) in [5.41, 5.74) is 0.958. The van der Waals surface area contributed by atoms with Gasteiger partial charge in [0.15, 0.2) is 0 Å². The molecule has 1 heterocycles. The maximum Gasteiger partial charge on any atom is 0.271 e. The third-order valence-corrected chi connectivity index (χ3v) is 1.36. The van der Waals surface area contributed by atoms with Crippen LogP contribution in [0.15, 0.2) is 12.4 Å². The fourth-order valence-corrected chi connectivity index (χ4v) is 0.735. The lowest BCUT2D eigenvalue weighted by Crippen LogP contribution is -2.26. The van der Waals surface area contributed by atoms with E-state index in [2.05, 4.69) is 15.3 Å². The molecule has 0 saturated heterocycles. The van der Waals surface area contributed by atoms with Crippen LogP contribution in [0.4, 0.5) is 0 Å². The van der Waals surface area contributed by atoms with Gasteiger partial charge in [-0.1, -0.05) is 0 Å². The Kier molecular flexibility index (Phi) is 3.08. The Labute approximate surface area is 75.2 Å². The molecule has 0 radical (unpaired) electrons. The average Bonchev–Trinajstić information content (AvgIpc) is 2.15. The van der Waals surface area contributed by atoms with Crippen LogP contribution in [0.1, 0.15) is 16.2 Å². The maximum atomic E-state index is 11.1. The molecular weight excluding hydrogens is 170 g/mol. The summed E-state index contributed by atoms with van der Waals surface area (Å²) in [6, 6.07) is 0. The average molecular weight is 179 g/mol. The van der Waals surface area contributed by atoms with Crippen molar-refractivity contribution in [1.29, 1.82) is 0 Å². The number of nitrogens with zero attached hydrogens (tertiary/aromatic N) is 2. The molecule has 1 N–H and O–H groups in total. The second kappa shape index (κ2) is 4.30. The van der Waals surface area contributed by atoms with Crippen molar-refractivity contribution in [1.82, 2.24) is 15.3 Å². The number of nitrogens with one attached hydrogen (secondary N) is 1. The van der Waals surface area contributed by atoms with Gasteiger partial charge < -0.3 is 10.1 Å². The van der Waals surface area contributed by atoms with E-state index in [1.54, 1.807) is 6.92 Å². The summed E-state index contributed by atoms with van der Waals surface area (Å²) in [7, 11) is 0. The lowest BCUT2D eigenvalue weighted by atomic mass is 10.4. The molecule has 1 rings (SSSR count). The van der Waals surface area contributed by atoms with E-state index in [-0.39, 0.29) is 18.1 Å². The van der Waals surface area contributed by atoms with Crippen molar-refractivity contribution >= 4 is 12.2 Å². The topological polar surface area (TPSA) is 72.0 Å². The smallest absolute Gasteiger partial charge is 0.271 e. The van der Waals surface area contributed by atoms with E-state index in [4.69, 9.17) is 0 Å². The molecule has 13 heavy (non-hydrogen) atoms. The van der Waals surface area contributed by atoms with Gasteiger partial charge in [0.1, 0.15) is 12.0 Å². The number of rotatable bonds is 3. The molecule has 0 unspecified atom stereocenters. The van der Waals surface area contributed by atoms with E-state index in [1.807, 2.05) is 0 Å². The SMILES string of the molecule is Cc1cnc(C(=O)NCC=O)cn1. The minimum atomic E-state index is -0.389. The second-order valence-electron chi connectivity index (χ2n) is 2.42. The normalized spacial score (nSPS) is 9.31. The zero-order valence-corrected chi connectivity index (χ0v) is 7.15. The summed E-state index contributed by atoms with van der Waals surface area (Å²) in [6.07, 6.45) is 3.48. The van der Waals surface area contributed by atoms with Crippen molar-refractivity contribution in [3.8, 4) is 0 Å². The summed E-state index contributed by atoms with van der Waals surface area (Å²) >= 11 is 0. The molecule has 0 fully saturated rings. The molecule has 0 bridgehead atoms. The molecule has 5 nitrogen and oxygen atoms in total. The van der Waals surface area contributed by atoms with Crippen LogP contribution in [0.25, 0.3) is 0 Å². The first-order valence-electron chi connectivity index (χ1n) is 3.74. The van der Waals surface area contributed by atoms with E-state index in [9.17, 15) is 9.59 Å². The van der Waals surface area contributed by atoms with Crippen molar-refractivity contribution in [2.75, 3.05) is 6.54 Å². The third kappa shape index (κ3) is 2.62. The quantitative estimate of drug-likeness (QED) is 0.647. The molecule has 0 aliphatic rings. The zero-order chi connectivity index (χ0) is 9.68. The van der Waals surface area contributed by atoms with Gasteiger partial charge in [-0.15, -0.1) is 0 Å². The Bertz CT molecular complexity index is 308. The van der Waals surface area contributed by atoms with E-state index in [1.165, 1.54) is 12.4 Å². The summed E-state index contributed by atoms with van der Waals surface area (Å²) in [4.78, 5) is 28.8. The van der Waals surface area contributed by atoms with Gasteiger partial charge in [-0.3, -0.25) is 9.78 Å². The fraction of sp³-hybridized carbons (Fsp3) is 0.250. The molecule has 68 valence electrons.